The van der Waals surface area contributed by atoms with Crippen molar-refractivity contribution in [3.05, 3.63) is 18.5 Å². The number of anilines is 1. The number of hydrogen-bond acceptors (Lipinski definition) is 5. The van der Waals surface area contributed by atoms with Crippen molar-refractivity contribution < 1.29 is 0 Å². The molecule has 1 atom stereocenters. The van der Waals surface area contributed by atoms with Crippen LogP contribution >= 0.6 is 0 Å². The molecule has 2 N–H and O–H groups in total. The lowest BCUT2D eigenvalue weighted by Gasteiger charge is -2.11. The highest BCUT2D eigenvalue weighted by Gasteiger charge is 2.14. The maximum Gasteiger partial charge on any atom is 0.177 e. The second kappa shape index (κ2) is 3.47. The molecule has 0 aromatic carbocycles. The normalized spacial score (nSPS) is 20.9. The molecule has 1 aliphatic rings. The number of rotatable bonds is 2. The third kappa shape index (κ3) is 1.63. The Morgan fingerprint density at radius 1 is 1.47 bits per heavy atom. The minimum Gasteiger partial charge on any atom is -0.365 e. The summed E-state index contributed by atoms with van der Waals surface area (Å²) in [5, 5.41) is 18.7. The van der Waals surface area contributed by atoms with Gasteiger partial charge in [0.15, 0.2) is 5.65 Å². The molecule has 0 saturated carbocycles. The third-order valence-corrected chi connectivity index (χ3v) is 2.57. The van der Waals surface area contributed by atoms with Crippen LogP contribution in [0.4, 0.5) is 5.82 Å². The maximum atomic E-state index is 4.35. The minimum absolute atomic E-state index is 0.478. The molecule has 6 nitrogen and oxygen atoms in total. The van der Waals surface area contributed by atoms with Crippen LogP contribution in [0.5, 0.6) is 0 Å². The molecule has 3 rings (SSSR count). The molecule has 1 aliphatic heterocycles. The predicted molar refractivity (Wildman–Crippen MR) is 55.7 cm³/mol. The Morgan fingerprint density at radius 2 is 2.47 bits per heavy atom. The van der Waals surface area contributed by atoms with Gasteiger partial charge in [-0.3, -0.25) is 0 Å². The summed E-state index contributed by atoms with van der Waals surface area (Å²) in [5.74, 6) is 0.871. The van der Waals surface area contributed by atoms with Gasteiger partial charge >= 0.3 is 0 Å². The van der Waals surface area contributed by atoms with Crippen molar-refractivity contribution >= 4 is 11.5 Å². The zero-order chi connectivity index (χ0) is 10.1. The summed E-state index contributed by atoms with van der Waals surface area (Å²) < 4.78 is 1.67. The van der Waals surface area contributed by atoms with E-state index in [2.05, 4.69) is 25.9 Å². The molecule has 1 saturated heterocycles. The van der Waals surface area contributed by atoms with Crippen LogP contribution in [0.1, 0.15) is 6.42 Å². The van der Waals surface area contributed by atoms with E-state index in [9.17, 15) is 0 Å². The summed E-state index contributed by atoms with van der Waals surface area (Å²) in [6.07, 6.45) is 2.75. The summed E-state index contributed by atoms with van der Waals surface area (Å²) in [6, 6.07) is 4.32. The molecule has 15 heavy (non-hydrogen) atoms. The van der Waals surface area contributed by atoms with E-state index in [0.717, 1.165) is 31.0 Å². The average Bonchev–Trinajstić information content (AvgIpc) is 2.87. The van der Waals surface area contributed by atoms with Crippen LogP contribution in [0.2, 0.25) is 0 Å². The molecule has 0 aliphatic carbocycles. The van der Waals surface area contributed by atoms with E-state index in [0.29, 0.717) is 6.04 Å². The van der Waals surface area contributed by atoms with E-state index in [4.69, 9.17) is 0 Å². The molecule has 1 fully saturated rings. The molecule has 0 radical (unpaired) electrons. The van der Waals surface area contributed by atoms with Gasteiger partial charge in [0.2, 0.25) is 0 Å². The minimum atomic E-state index is 0.478. The van der Waals surface area contributed by atoms with Gasteiger partial charge < -0.3 is 10.6 Å². The van der Waals surface area contributed by atoms with Gasteiger partial charge in [-0.05, 0) is 25.1 Å². The van der Waals surface area contributed by atoms with Crippen LogP contribution < -0.4 is 10.6 Å². The SMILES string of the molecule is c1cc2nncn2nc1N[C@H]1CCNC1. The fourth-order valence-corrected chi connectivity index (χ4v) is 1.79. The van der Waals surface area contributed by atoms with Crippen LogP contribution in [0, 0.1) is 0 Å². The zero-order valence-corrected chi connectivity index (χ0v) is 8.22. The van der Waals surface area contributed by atoms with Gasteiger partial charge in [0, 0.05) is 12.6 Å². The van der Waals surface area contributed by atoms with Crippen LogP contribution in [0.3, 0.4) is 0 Å². The van der Waals surface area contributed by atoms with Gasteiger partial charge in [0.05, 0.1) is 0 Å². The lowest BCUT2D eigenvalue weighted by molar-refractivity contribution is 0.777. The zero-order valence-electron chi connectivity index (χ0n) is 8.22. The van der Waals surface area contributed by atoms with Crippen molar-refractivity contribution in [1.82, 2.24) is 25.1 Å². The Kier molecular flexibility index (Phi) is 1.99. The molecule has 3 heterocycles. The van der Waals surface area contributed by atoms with E-state index in [1.807, 2.05) is 12.1 Å². The number of fused-ring (bicyclic) bond motifs is 1. The van der Waals surface area contributed by atoms with Gasteiger partial charge in [0.25, 0.3) is 0 Å². The molecule has 0 amide bonds. The van der Waals surface area contributed by atoms with Gasteiger partial charge in [-0.25, -0.2) is 0 Å². The number of aromatic nitrogens is 4. The quantitative estimate of drug-likeness (QED) is 0.715. The van der Waals surface area contributed by atoms with Crippen molar-refractivity contribution in [3.63, 3.8) is 0 Å². The number of nitrogens with zero attached hydrogens (tertiary/aromatic N) is 4. The second-order valence-electron chi connectivity index (χ2n) is 3.69. The molecular formula is C9H12N6. The van der Waals surface area contributed by atoms with Gasteiger partial charge in [-0.2, -0.15) is 4.52 Å². The van der Waals surface area contributed by atoms with E-state index in [-0.39, 0.29) is 0 Å². The molecule has 2 aromatic rings. The standard InChI is InChI=1S/C9H12N6/c1-2-9-13-11-6-15(9)14-8(1)12-7-3-4-10-5-7/h1-2,6-7,10H,3-5H2,(H,12,14)/t7-/m0/s1. The summed E-state index contributed by atoms with van der Waals surface area (Å²) in [7, 11) is 0. The Morgan fingerprint density at radius 3 is 3.33 bits per heavy atom. The smallest absolute Gasteiger partial charge is 0.177 e. The summed E-state index contributed by atoms with van der Waals surface area (Å²) in [6.45, 7) is 2.08. The van der Waals surface area contributed by atoms with Gasteiger partial charge in [0.1, 0.15) is 12.1 Å². The first-order chi connectivity index (χ1) is 7.42. The molecule has 0 unspecified atom stereocenters. The van der Waals surface area contributed by atoms with Crippen molar-refractivity contribution in [2.75, 3.05) is 18.4 Å². The Labute approximate surface area is 86.7 Å². The monoisotopic (exact) mass is 204 g/mol. The Bertz CT molecular complexity index is 458. The predicted octanol–water partition coefficient (Wildman–Crippen LogP) is -0.102. The van der Waals surface area contributed by atoms with Crippen molar-refractivity contribution in [2.24, 2.45) is 0 Å². The third-order valence-electron chi connectivity index (χ3n) is 2.57. The summed E-state index contributed by atoms with van der Waals surface area (Å²) >= 11 is 0. The van der Waals surface area contributed by atoms with E-state index >= 15 is 0 Å². The molecule has 6 heteroatoms. The largest absolute Gasteiger partial charge is 0.365 e. The highest BCUT2D eigenvalue weighted by molar-refractivity contribution is 5.43. The Balaban J connectivity index is 1.84. The Hall–Kier alpha value is -1.69. The molecule has 78 valence electrons. The van der Waals surface area contributed by atoms with Crippen molar-refractivity contribution in [2.45, 2.75) is 12.5 Å². The lowest BCUT2D eigenvalue weighted by Crippen LogP contribution is -2.23. The fraction of sp³-hybridized carbons (Fsp3) is 0.444. The van der Waals surface area contributed by atoms with Crippen LogP contribution in [-0.2, 0) is 0 Å². The van der Waals surface area contributed by atoms with Crippen molar-refractivity contribution in [3.8, 4) is 0 Å². The highest BCUT2D eigenvalue weighted by Crippen LogP contribution is 2.09. The fourth-order valence-electron chi connectivity index (χ4n) is 1.79. The highest BCUT2D eigenvalue weighted by atomic mass is 15.4. The van der Waals surface area contributed by atoms with Crippen LogP contribution in [-0.4, -0.2) is 38.9 Å². The van der Waals surface area contributed by atoms with Crippen LogP contribution in [0.15, 0.2) is 18.5 Å². The molecule has 0 bridgehead atoms. The lowest BCUT2D eigenvalue weighted by atomic mass is 10.2. The van der Waals surface area contributed by atoms with Crippen LogP contribution in [0.25, 0.3) is 5.65 Å². The first-order valence-corrected chi connectivity index (χ1v) is 5.06. The number of hydrogen-bond donors (Lipinski definition) is 2. The van der Waals surface area contributed by atoms with E-state index in [1.165, 1.54) is 0 Å². The second-order valence-corrected chi connectivity index (χ2v) is 3.69. The van der Waals surface area contributed by atoms with E-state index < -0.39 is 0 Å². The summed E-state index contributed by atoms with van der Waals surface area (Å²) in [4.78, 5) is 0. The molecule has 0 spiro atoms. The average molecular weight is 204 g/mol. The first kappa shape index (κ1) is 8.60. The maximum absolute atomic E-state index is 4.35. The van der Waals surface area contributed by atoms with Gasteiger partial charge in [-0.1, -0.05) is 0 Å². The topological polar surface area (TPSA) is 67.1 Å². The molecular weight excluding hydrogens is 192 g/mol. The van der Waals surface area contributed by atoms with E-state index in [1.54, 1.807) is 10.8 Å². The van der Waals surface area contributed by atoms with Crippen molar-refractivity contribution in [1.29, 1.82) is 0 Å². The van der Waals surface area contributed by atoms with Gasteiger partial charge in [-0.15, -0.1) is 15.3 Å². The number of nitrogens with one attached hydrogen (secondary N) is 2. The summed E-state index contributed by atoms with van der Waals surface area (Å²) in [5.41, 5.74) is 0.769. The first-order valence-electron chi connectivity index (χ1n) is 5.06. The molecule has 2 aromatic heterocycles.